The maximum absolute atomic E-state index is 12.8. The predicted octanol–water partition coefficient (Wildman–Crippen LogP) is 4.57. The van der Waals surface area contributed by atoms with Crippen molar-refractivity contribution in [2.45, 2.75) is 25.5 Å². The van der Waals surface area contributed by atoms with Gasteiger partial charge in [0.25, 0.3) is 5.91 Å². The van der Waals surface area contributed by atoms with E-state index in [2.05, 4.69) is 10.6 Å². The van der Waals surface area contributed by atoms with Gasteiger partial charge in [0, 0.05) is 23.5 Å². The minimum absolute atomic E-state index is 0. The van der Waals surface area contributed by atoms with Crippen molar-refractivity contribution in [2.24, 2.45) is 0 Å². The standard InChI is InChI=1S/C21H21ClN2O3.ClH/c22-17-8-2-4-10-19(17)26-13-16-15-7-1-3-9-18(15)27-20(16)21(25)24-12-14-6-5-11-23-14;/h1-4,7-10,14,23H,5-6,11-13H2,(H,24,25);1H. The Balaban J connectivity index is 0.00000225. The molecule has 0 spiro atoms. The van der Waals surface area contributed by atoms with Crippen LogP contribution in [0.2, 0.25) is 5.02 Å². The van der Waals surface area contributed by atoms with E-state index in [-0.39, 0.29) is 24.9 Å². The Kier molecular flexibility index (Phi) is 6.83. The van der Waals surface area contributed by atoms with Crippen molar-refractivity contribution in [2.75, 3.05) is 13.1 Å². The average Bonchev–Trinajstić information content (AvgIpc) is 3.33. The highest BCUT2D eigenvalue weighted by atomic mass is 35.5. The van der Waals surface area contributed by atoms with Crippen LogP contribution in [0.25, 0.3) is 11.0 Å². The lowest BCUT2D eigenvalue weighted by molar-refractivity contribution is 0.0921. The van der Waals surface area contributed by atoms with E-state index >= 15 is 0 Å². The predicted molar refractivity (Wildman–Crippen MR) is 113 cm³/mol. The minimum atomic E-state index is -0.224. The van der Waals surface area contributed by atoms with Gasteiger partial charge in [0.15, 0.2) is 5.76 Å². The molecule has 0 aliphatic carbocycles. The first-order valence-electron chi connectivity index (χ1n) is 9.11. The number of nitrogens with one attached hydrogen (secondary N) is 2. The van der Waals surface area contributed by atoms with Crippen LogP contribution in [0, 0.1) is 0 Å². The van der Waals surface area contributed by atoms with Gasteiger partial charge in [-0.25, -0.2) is 0 Å². The number of para-hydroxylation sites is 2. The van der Waals surface area contributed by atoms with E-state index in [4.69, 9.17) is 20.8 Å². The molecule has 148 valence electrons. The molecule has 1 fully saturated rings. The van der Waals surface area contributed by atoms with E-state index < -0.39 is 0 Å². The van der Waals surface area contributed by atoms with Gasteiger partial charge in [0.1, 0.15) is 17.9 Å². The summed E-state index contributed by atoms with van der Waals surface area (Å²) in [6.07, 6.45) is 2.21. The highest BCUT2D eigenvalue weighted by Gasteiger charge is 2.22. The largest absolute Gasteiger partial charge is 0.487 e. The van der Waals surface area contributed by atoms with Crippen LogP contribution in [-0.2, 0) is 6.61 Å². The smallest absolute Gasteiger partial charge is 0.287 e. The molecule has 2 N–H and O–H groups in total. The van der Waals surface area contributed by atoms with E-state index in [0.29, 0.717) is 34.7 Å². The summed E-state index contributed by atoms with van der Waals surface area (Å²) >= 11 is 6.17. The fourth-order valence-corrected chi connectivity index (χ4v) is 3.55. The molecule has 1 aliphatic heterocycles. The third-order valence-electron chi connectivity index (χ3n) is 4.78. The van der Waals surface area contributed by atoms with Gasteiger partial charge in [0.2, 0.25) is 0 Å². The summed E-state index contributed by atoms with van der Waals surface area (Å²) in [5.41, 5.74) is 1.39. The molecule has 0 saturated carbocycles. The van der Waals surface area contributed by atoms with Gasteiger partial charge in [-0.15, -0.1) is 12.4 Å². The maximum atomic E-state index is 12.8. The van der Waals surface area contributed by atoms with Crippen LogP contribution in [0.3, 0.4) is 0 Å². The topological polar surface area (TPSA) is 63.5 Å². The van der Waals surface area contributed by atoms with Crippen molar-refractivity contribution >= 4 is 40.9 Å². The van der Waals surface area contributed by atoms with Gasteiger partial charge in [-0.05, 0) is 37.6 Å². The first-order valence-corrected chi connectivity index (χ1v) is 9.49. The highest BCUT2D eigenvalue weighted by Crippen LogP contribution is 2.29. The molecule has 1 amide bonds. The number of rotatable bonds is 6. The lowest BCUT2D eigenvalue weighted by Crippen LogP contribution is -2.37. The summed E-state index contributed by atoms with van der Waals surface area (Å²) in [7, 11) is 0. The number of amides is 1. The van der Waals surface area contributed by atoms with Gasteiger partial charge in [-0.2, -0.15) is 0 Å². The number of carbonyl (C=O) groups excluding carboxylic acids is 1. The fraction of sp³-hybridized carbons (Fsp3) is 0.286. The molecule has 1 aromatic heterocycles. The molecule has 5 nitrogen and oxygen atoms in total. The van der Waals surface area contributed by atoms with Crippen LogP contribution in [0.4, 0.5) is 0 Å². The first kappa shape index (κ1) is 20.5. The van der Waals surface area contributed by atoms with Crippen LogP contribution >= 0.6 is 24.0 Å². The summed E-state index contributed by atoms with van der Waals surface area (Å²) in [6.45, 7) is 1.79. The van der Waals surface area contributed by atoms with Crippen LogP contribution < -0.4 is 15.4 Å². The van der Waals surface area contributed by atoms with Gasteiger partial charge in [0.05, 0.1) is 5.02 Å². The summed E-state index contributed by atoms with van der Waals surface area (Å²) in [5, 5.41) is 7.75. The van der Waals surface area contributed by atoms with Crippen LogP contribution in [0.15, 0.2) is 52.9 Å². The van der Waals surface area contributed by atoms with E-state index in [9.17, 15) is 4.79 Å². The Hall–Kier alpha value is -2.21. The second-order valence-electron chi connectivity index (χ2n) is 6.63. The van der Waals surface area contributed by atoms with Gasteiger partial charge >= 0.3 is 0 Å². The molecule has 28 heavy (non-hydrogen) atoms. The third-order valence-corrected chi connectivity index (χ3v) is 5.10. The van der Waals surface area contributed by atoms with Crippen molar-refractivity contribution in [3.8, 4) is 5.75 Å². The Morgan fingerprint density at radius 2 is 2.00 bits per heavy atom. The number of benzene rings is 2. The second kappa shape index (κ2) is 9.32. The Labute approximate surface area is 174 Å². The highest BCUT2D eigenvalue weighted by molar-refractivity contribution is 6.32. The molecule has 7 heteroatoms. The Morgan fingerprint density at radius 1 is 1.21 bits per heavy atom. The Morgan fingerprint density at radius 3 is 2.79 bits per heavy atom. The molecule has 0 bridgehead atoms. The zero-order chi connectivity index (χ0) is 18.6. The van der Waals surface area contributed by atoms with Crippen molar-refractivity contribution in [3.05, 3.63) is 64.9 Å². The average molecular weight is 421 g/mol. The molecule has 1 aliphatic rings. The van der Waals surface area contributed by atoms with E-state index in [0.717, 1.165) is 30.3 Å². The summed E-state index contributed by atoms with van der Waals surface area (Å²) < 4.78 is 11.7. The number of ether oxygens (including phenoxy) is 1. The third kappa shape index (κ3) is 4.43. The number of furan rings is 1. The van der Waals surface area contributed by atoms with Crippen LogP contribution in [0.1, 0.15) is 29.0 Å². The van der Waals surface area contributed by atoms with Crippen LogP contribution in [-0.4, -0.2) is 25.0 Å². The van der Waals surface area contributed by atoms with E-state index in [1.165, 1.54) is 0 Å². The SMILES string of the molecule is Cl.O=C(NCC1CCCN1)c1oc2ccccc2c1COc1ccccc1Cl. The van der Waals surface area contributed by atoms with Crippen molar-refractivity contribution in [3.63, 3.8) is 0 Å². The Bertz CT molecular complexity index is 952. The molecular formula is C21H22Cl2N2O3. The second-order valence-corrected chi connectivity index (χ2v) is 7.04. The lowest BCUT2D eigenvalue weighted by atomic mass is 10.1. The summed E-state index contributed by atoms with van der Waals surface area (Å²) in [6, 6.07) is 15.2. The number of halogens is 2. The fourth-order valence-electron chi connectivity index (χ4n) is 3.36. The van der Waals surface area contributed by atoms with Gasteiger partial charge in [-0.3, -0.25) is 4.79 Å². The lowest BCUT2D eigenvalue weighted by Gasteiger charge is -2.12. The molecule has 3 aromatic rings. The number of carbonyl (C=O) groups is 1. The monoisotopic (exact) mass is 420 g/mol. The van der Waals surface area contributed by atoms with Gasteiger partial charge in [-0.1, -0.05) is 41.9 Å². The molecular weight excluding hydrogens is 399 g/mol. The number of hydrogen-bond donors (Lipinski definition) is 2. The molecule has 2 heterocycles. The first-order chi connectivity index (χ1) is 13.2. The molecule has 0 radical (unpaired) electrons. The number of fused-ring (bicyclic) bond motifs is 1. The molecule has 2 aromatic carbocycles. The quantitative estimate of drug-likeness (QED) is 0.612. The number of hydrogen-bond acceptors (Lipinski definition) is 4. The molecule has 1 unspecified atom stereocenters. The van der Waals surface area contributed by atoms with E-state index in [1.807, 2.05) is 36.4 Å². The summed E-state index contributed by atoms with van der Waals surface area (Å²) in [4.78, 5) is 12.8. The van der Waals surface area contributed by atoms with Gasteiger partial charge < -0.3 is 19.8 Å². The maximum Gasteiger partial charge on any atom is 0.287 e. The van der Waals surface area contributed by atoms with E-state index in [1.54, 1.807) is 12.1 Å². The normalized spacial score (nSPS) is 16.0. The molecule has 1 saturated heterocycles. The zero-order valence-corrected chi connectivity index (χ0v) is 16.8. The summed E-state index contributed by atoms with van der Waals surface area (Å²) in [5.74, 6) is 0.643. The molecule has 4 rings (SSSR count). The van der Waals surface area contributed by atoms with Crippen molar-refractivity contribution in [1.82, 2.24) is 10.6 Å². The zero-order valence-electron chi connectivity index (χ0n) is 15.2. The van der Waals surface area contributed by atoms with Crippen LogP contribution in [0.5, 0.6) is 5.75 Å². The van der Waals surface area contributed by atoms with Crippen molar-refractivity contribution in [1.29, 1.82) is 0 Å². The van der Waals surface area contributed by atoms with Crippen molar-refractivity contribution < 1.29 is 13.9 Å². The minimum Gasteiger partial charge on any atom is -0.487 e. The molecule has 1 atom stereocenters.